The molecule has 1 fully saturated rings. The molecule has 1 aliphatic rings. The van der Waals surface area contributed by atoms with Crippen LogP contribution in [0.15, 0.2) is 23.2 Å². The van der Waals surface area contributed by atoms with Crippen molar-refractivity contribution < 1.29 is 18.9 Å². The Labute approximate surface area is 179 Å². The van der Waals surface area contributed by atoms with Crippen LogP contribution in [0.1, 0.15) is 17.5 Å². The normalized spacial score (nSPS) is 16.7. The number of aliphatic imine (C=N–C) groups is 1. The van der Waals surface area contributed by atoms with Gasteiger partial charge in [-0.05, 0) is 18.6 Å². The Morgan fingerprint density at radius 1 is 1.26 bits per heavy atom. The Morgan fingerprint density at radius 2 is 2.11 bits per heavy atom. The third-order valence-corrected chi connectivity index (χ3v) is 4.04. The zero-order valence-electron chi connectivity index (χ0n) is 16.5. The van der Waals surface area contributed by atoms with Crippen LogP contribution in [-0.2, 0) is 20.8 Å². The third-order valence-electron chi connectivity index (χ3n) is 4.04. The number of benzene rings is 1. The fraction of sp³-hybridized carbons (Fsp3) is 0.632. The van der Waals surface area contributed by atoms with Gasteiger partial charge in [0.1, 0.15) is 11.9 Å². The maximum Gasteiger partial charge on any atom is 0.191 e. The van der Waals surface area contributed by atoms with Crippen LogP contribution in [0.4, 0.5) is 0 Å². The van der Waals surface area contributed by atoms with Gasteiger partial charge in [0, 0.05) is 39.2 Å². The Kier molecular flexibility index (Phi) is 12.4. The number of hydrogen-bond donors (Lipinski definition) is 2. The number of ether oxygens (including phenoxy) is 4. The van der Waals surface area contributed by atoms with Crippen LogP contribution in [0.25, 0.3) is 0 Å². The molecule has 1 unspecified atom stereocenters. The summed E-state index contributed by atoms with van der Waals surface area (Å²) in [7, 11) is 3.42. The topological polar surface area (TPSA) is 73.3 Å². The molecule has 0 aromatic heterocycles. The van der Waals surface area contributed by atoms with Crippen molar-refractivity contribution in [3.63, 3.8) is 0 Å². The van der Waals surface area contributed by atoms with E-state index in [0.29, 0.717) is 39.5 Å². The summed E-state index contributed by atoms with van der Waals surface area (Å²) in [4.78, 5) is 4.24. The molecule has 0 bridgehead atoms. The Hall–Kier alpha value is -1.10. The minimum Gasteiger partial charge on any atom is -0.488 e. The summed E-state index contributed by atoms with van der Waals surface area (Å²) in [5.74, 6) is 1.64. The summed E-state index contributed by atoms with van der Waals surface area (Å²) in [6, 6.07) is 6.26. The van der Waals surface area contributed by atoms with Gasteiger partial charge in [-0.2, -0.15) is 0 Å². The van der Waals surface area contributed by atoms with Crippen molar-refractivity contribution in [3.8, 4) is 5.75 Å². The number of halogens is 1. The summed E-state index contributed by atoms with van der Waals surface area (Å²) < 4.78 is 21.9. The highest BCUT2D eigenvalue weighted by atomic mass is 127. The van der Waals surface area contributed by atoms with Gasteiger partial charge in [-0.1, -0.05) is 12.1 Å². The molecule has 2 rings (SSSR count). The minimum absolute atomic E-state index is 0. The van der Waals surface area contributed by atoms with Gasteiger partial charge in [-0.3, -0.25) is 4.99 Å². The maximum atomic E-state index is 6.13. The number of methoxy groups -OCH3 is 1. The molecule has 0 spiro atoms. The van der Waals surface area contributed by atoms with Crippen molar-refractivity contribution in [2.75, 3.05) is 53.7 Å². The van der Waals surface area contributed by atoms with E-state index in [9.17, 15) is 0 Å². The van der Waals surface area contributed by atoms with Crippen molar-refractivity contribution >= 4 is 29.9 Å². The van der Waals surface area contributed by atoms with Crippen molar-refractivity contribution in [2.24, 2.45) is 4.99 Å². The molecule has 0 radical (unpaired) electrons. The first kappa shape index (κ1) is 23.9. The van der Waals surface area contributed by atoms with E-state index in [1.165, 1.54) is 5.56 Å². The maximum absolute atomic E-state index is 6.13. The molecule has 0 aliphatic carbocycles. The molecule has 1 atom stereocenters. The van der Waals surface area contributed by atoms with Gasteiger partial charge < -0.3 is 29.6 Å². The molecule has 2 N–H and O–H groups in total. The highest BCUT2D eigenvalue weighted by molar-refractivity contribution is 14.0. The zero-order chi connectivity index (χ0) is 18.6. The van der Waals surface area contributed by atoms with E-state index in [-0.39, 0.29) is 30.1 Å². The summed E-state index contributed by atoms with van der Waals surface area (Å²) in [6.45, 7) is 6.62. The van der Waals surface area contributed by atoms with E-state index in [0.717, 1.165) is 30.3 Å². The Bertz CT molecular complexity index is 566. The fourth-order valence-electron chi connectivity index (χ4n) is 2.59. The van der Waals surface area contributed by atoms with Crippen molar-refractivity contribution in [1.29, 1.82) is 0 Å². The number of guanidine groups is 1. The average Bonchev–Trinajstić information content (AvgIpc) is 3.15. The number of nitrogens with zero attached hydrogens (tertiary/aromatic N) is 1. The Balaban J connectivity index is 0.00000364. The van der Waals surface area contributed by atoms with Gasteiger partial charge in [0.15, 0.2) is 5.96 Å². The Morgan fingerprint density at radius 3 is 2.81 bits per heavy atom. The summed E-state index contributed by atoms with van der Waals surface area (Å²) in [5, 5.41) is 6.55. The van der Waals surface area contributed by atoms with E-state index in [2.05, 4.69) is 40.7 Å². The van der Waals surface area contributed by atoms with Crippen molar-refractivity contribution in [3.05, 3.63) is 29.3 Å². The second kappa shape index (κ2) is 14.0. The lowest BCUT2D eigenvalue weighted by molar-refractivity contribution is 0.0733. The van der Waals surface area contributed by atoms with Gasteiger partial charge >= 0.3 is 0 Å². The molecule has 7 nitrogen and oxygen atoms in total. The predicted molar refractivity (Wildman–Crippen MR) is 117 cm³/mol. The van der Waals surface area contributed by atoms with Crippen LogP contribution >= 0.6 is 24.0 Å². The fourth-order valence-corrected chi connectivity index (χ4v) is 2.59. The van der Waals surface area contributed by atoms with Crippen LogP contribution in [0.5, 0.6) is 5.75 Å². The van der Waals surface area contributed by atoms with Gasteiger partial charge in [0.2, 0.25) is 0 Å². The molecular formula is C19H32IN3O4. The van der Waals surface area contributed by atoms with E-state index in [4.69, 9.17) is 18.9 Å². The van der Waals surface area contributed by atoms with Gasteiger partial charge in [0.25, 0.3) is 0 Å². The molecular weight excluding hydrogens is 461 g/mol. The third kappa shape index (κ3) is 9.09. The first-order chi connectivity index (χ1) is 12.7. The van der Waals surface area contributed by atoms with E-state index in [1.54, 1.807) is 14.2 Å². The van der Waals surface area contributed by atoms with Crippen LogP contribution in [0.2, 0.25) is 0 Å². The van der Waals surface area contributed by atoms with Crippen LogP contribution in [-0.4, -0.2) is 65.8 Å². The first-order valence-corrected chi connectivity index (χ1v) is 9.08. The quantitative estimate of drug-likeness (QED) is 0.225. The largest absolute Gasteiger partial charge is 0.488 e. The smallest absolute Gasteiger partial charge is 0.191 e. The molecule has 1 aromatic carbocycles. The van der Waals surface area contributed by atoms with Gasteiger partial charge in [0.05, 0.1) is 33.0 Å². The predicted octanol–water partition coefficient (Wildman–Crippen LogP) is 2.11. The van der Waals surface area contributed by atoms with Crippen molar-refractivity contribution in [1.82, 2.24) is 10.6 Å². The second-order valence-electron chi connectivity index (χ2n) is 6.17. The first-order valence-electron chi connectivity index (χ1n) is 9.08. The highest BCUT2D eigenvalue weighted by Crippen LogP contribution is 2.23. The van der Waals surface area contributed by atoms with E-state index < -0.39 is 0 Å². The van der Waals surface area contributed by atoms with Crippen LogP contribution < -0.4 is 15.4 Å². The summed E-state index contributed by atoms with van der Waals surface area (Å²) in [5.41, 5.74) is 2.28. The molecule has 27 heavy (non-hydrogen) atoms. The molecule has 154 valence electrons. The summed E-state index contributed by atoms with van der Waals surface area (Å²) >= 11 is 0. The minimum atomic E-state index is 0. The lowest BCUT2D eigenvalue weighted by Gasteiger charge is -2.18. The SMILES string of the molecule is CN=C(NCCOCCOC)NCc1ccc(C)cc1OC1CCOC1.I. The highest BCUT2D eigenvalue weighted by Gasteiger charge is 2.18. The molecule has 1 saturated heterocycles. The zero-order valence-corrected chi connectivity index (χ0v) is 18.8. The molecule has 1 aliphatic heterocycles. The summed E-state index contributed by atoms with van der Waals surface area (Å²) in [6.07, 6.45) is 1.07. The monoisotopic (exact) mass is 493 g/mol. The van der Waals surface area contributed by atoms with Crippen molar-refractivity contribution in [2.45, 2.75) is 26.0 Å². The van der Waals surface area contributed by atoms with E-state index >= 15 is 0 Å². The molecule has 0 saturated carbocycles. The molecule has 1 heterocycles. The van der Waals surface area contributed by atoms with E-state index in [1.807, 2.05) is 0 Å². The molecule has 8 heteroatoms. The average molecular weight is 493 g/mol. The number of rotatable bonds is 10. The standard InChI is InChI=1S/C19H31N3O4.HI/c1-15-4-5-16(18(12-15)26-17-6-8-25-14-17)13-22-19(20-2)21-7-9-24-11-10-23-3;/h4-5,12,17H,6-11,13-14H2,1-3H3,(H2,20,21,22);1H. The van der Waals surface area contributed by atoms with Crippen LogP contribution in [0, 0.1) is 6.92 Å². The number of nitrogens with one attached hydrogen (secondary N) is 2. The lowest BCUT2D eigenvalue weighted by atomic mass is 10.1. The second-order valence-corrected chi connectivity index (χ2v) is 6.17. The number of hydrogen-bond acceptors (Lipinski definition) is 5. The van der Waals surface area contributed by atoms with Crippen LogP contribution in [0.3, 0.4) is 0 Å². The lowest BCUT2D eigenvalue weighted by Crippen LogP contribution is -2.38. The molecule has 0 amide bonds. The van der Waals surface area contributed by atoms with Gasteiger partial charge in [-0.15, -0.1) is 24.0 Å². The number of aryl methyl sites for hydroxylation is 1. The van der Waals surface area contributed by atoms with Gasteiger partial charge in [-0.25, -0.2) is 0 Å². The molecule has 1 aromatic rings.